The highest BCUT2D eigenvalue weighted by atomic mass is 79.9. The molecule has 0 aliphatic carbocycles. The number of nitrogens with zero attached hydrogens (tertiary/aromatic N) is 1. The van der Waals surface area contributed by atoms with Crippen LogP contribution < -0.4 is 4.74 Å². The largest absolute Gasteiger partial charge is 0.493 e. The number of hydrogen-bond acceptors (Lipinski definition) is 2. The third-order valence-electron chi connectivity index (χ3n) is 1.52. The van der Waals surface area contributed by atoms with E-state index in [-0.39, 0.29) is 0 Å². The third kappa shape index (κ3) is 3.12. The first-order valence-electron chi connectivity index (χ1n) is 4.03. The summed E-state index contributed by atoms with van der Waals surface area (Å²) in [4.78, 5) is 0. The average molecular weight is 250 g/mol. The van der Waals surface area contributed by atoms with E-state index in [0.717, 1.165) is 4.47 Å². The summed E-state index contributed by atoms with van der Waals surface area (Å²) in [5, 5.41) is 8.70. The van der Waals surface area contributed by atoms with Crippen molar-refractivity contribution in [3.8, 4) is 24.2 Å². The van der Waals surface area contributed by atoms with Crippen molar-refractivity contribution in [3.63, 3.8) is 0 Å². The van der Waals surface area contributed by atoms with E-state index in [0.29, 0.717) is 24.3 Å². The van der Waals surface area contributed by atoms with Gasteiger partial charge in [0.05, 0.1) is 18.2 Å². The normalized spacial score (nSPS) is 8.79. The maximum absolute atomic E-state index is 8.70. The first kappa shape index (κ1) is 10.6. The van der Waals surface area contributed by atoms with Crippen LogP contribution in [-0.4, -0.2) is 6.61 Å². The van der Waals surface area contributed by atoms with Crippen LogP contribution in [0.1, 0.15) is 12.0 Å². The number of halogens is 1. The maximum atomic E-state index is 8.70. The summed E-state index contributed by atoms with van der Waals surface area (Å²) in [5.41, 5.74) is 0.565. The maximum Gasteiger partial charge on any atom is 0.121 e. The Morgan fingerprint density at radius 2 is 2.21 bits per heavy atom. The Morgan fingerprint density at radius 1 is 1.43 bits per heavy atom. The number of nitriles is 1. The predicted molar refractivity (Wildman–Crippen MR) is 57.8 cm³/mol. The van der Waals surface area contributed by atoms with Gasteiger partial charge in [0.1, 0.15) is 5.75 Å². The third-order valence-corrected chi connectivity index (χ3v) is 1.97. The molecule has 0 atom stereocenters. The van der Waals surface area contributed by atoms with Crippen LogP contribution in [0, 0.1) is 23.7 Å². The number of hydrogen-bond donors (Lipinski definition) is 0. The summed E-state index contributed by atoms with van der Waals surface area (Å²) in [6.07, 6.45) is 5.65. The quantitative estimate of drug-likeness (QED) is 0.610. The van der Waals surface area contributed by atoms with Gasteiger partial charge in [-0.15, -0.1) is 12.3 Å². The van der Waals surface area contributed by atoms with E-state index in [1.165, 1.54) is 0 Å². The lowest BCUT2D eigenvalue weighted by atomic mass is 10.2. The Bertz CT molecular complexity index is 401. The molecule has 0 radical (unpaired) electrons. The number of terminal acetylenes is 1. The van der Waals surface area contributed by atoms with E-state index in [1.807, 2.05) is 6.07 Å². The first-order valence-corrected chi connectivity index (χ1v) is 4.82. The topological polar surface area (TPSA) is 33.0 Å². The van der Waals surface area contributed by atoms with Crippen molar-refractivity contribution in [2.75, 3.05) is 6.61 Å². The average Bonchev–Trinajstić information content (AvgIpc) is 2.17. The molecule has 70 valence electrons. The Hall–Kier alpha value is -1.45. The highest BCUT2D eigenvalue weighted by Gasteiger charge is 1.99. The fourth-order valence-corrected chi connectivity index (χ4v) is 1.41. The molecule has 1 aromatic carbocycles. The minimum atomic E-state index is 0.470. The Kier molecular flexibility index (Phi) is 4.04. The molecule has 1 rings (SSSR count). The fourth-order valence-electron chi connectivity index (χ4n) is 0.938. The van der Waals surface area contributed by atoms with Crippen LogP contribution >= 0.6 is 15.9 Å². The molecule has 0 fully saturated rings. The van der Waals surface area contributed by atoms with Gasteiger partial charge in [0.25, 0.3) is 0 Å². The highest BCUT2D eigenvalue weighted by Crippen LogP contribution is 2.21. The zero-order valence-electron chi connectivity index (χ0n) is 7.46. The molecular formula is C11H8BrNO. The number of rotatable bonds is 3. The van der Waals surface area contributed by atoms with Crippen molar-refractivity contribution >= 4 is 15.9 Å². The van der Waals surface area contributed by atoms with Crippen LogP contribution in [0.2, 0.25) is 0 Å². The van der Waals surface area contributed by atoms with Gasteiger partial charge in [-0.05, 0) is 18.2 Å². The summed E-state index contributed by atoms with van der Waals surface area (Å²) in [6.45, 7) is 0.470. The molecule has 0 saturated heterocycles. The van der Waals surface area contributed by atoms with Gasteiger partial charge < -0.3 is 4.74 Å². The lowest BCUT2D eigenvalue weighted by molar-refractivity contribution is 0.327. The molecule has 0 N–H and O–H groups in total. The van der Waals surface area contributed by atoms with Crippen molar-refractivity contribution < 1.29 is 4.74 Å². The summed E-state index contributed by atoms with van der Waals surface area (Å²) in [6, 6.07) is 7.26. The molecule has 0 spiro atoms. The summed E-state index contributed by atoms with van der Waals surface area (Å²) in [7, 11) is 0. The van der Waals surface area contributed by atoms with Crippen LogP contribution in [0.5, 0.6) is 5.75 Å². The van der Waals surface area contributed by atoms with E-state index in [9.17, 15) is 0 Å². The molecule has 0 aromatic heterocycles. The Morgan fingerprint density at radius 3 is 2.86 bits per heavy atom. The molecule has 3 heteroatoms. The molecule has 0 aliphatic rings. The van der Waals surface area contributed by atoms with Gasteiger partial charge in [-0.25, -0.2) is 0 Å². The molecule has 0 unspecified atom stereocenters. The minimum absolute atomic E-state index is 0.470. The van der Waals surface area contributed by atoms with Crippen molar-refractivity contribution in [2.24, 2.45) is 0 Å². The fraction of sp³-hybridized carbons (Fsp3) is 0.182. The van der Waals surface area contributed by atoms with Crippen LogP contribution in [0.15, 0.2) is 22.7 Å². The molecule has 0 saturated carbocycles. The summed E-state index contributed by atoms with van der Waals surface area (Å²) in [5.74, 6) is 3.14. The second-order valence-electron chi connectivity index (χ2n) is 2.59. The summed E-state index contributed by atoms with van der Waals surface area (Å²) >= 11 is 3.29. The zero-order valence-corrected chi connectivity index (χ0v) is 9.04. The summed E-state index contributed by atoms with van der Waals surface area (Å²) < 4.78 is 6.17. The first-order chi connectivity index (χ1) is 6.76. The van der Waals surface area contributed by atoms with E-state index in [2.05, 4.69) is 21.9 Å². The van der Waals surface area contributed by atoms with Gasteiger partial charge in [-0.2, -0.15) is 5.26 Å². The van der Waals surface area contributed by atoms with Gasteiger partial charge in [0.15, 0.2) is 0 Å². The van der Waals surface area contributed by atoms with E-state index < -0.39 is 0 Å². The molecule has 0 bridgehead atoms. The van der Waals surface area contributed by atoms with Gasteiger partial charge in [0, 0.05) is 10.9 Å². The lowest BCUT2D eigenvalue weighted by Crippen LogP contribution is -1.95. The highest BCUT2D eigenvalue weighted by molar-refractivity contribution is 9.10. The van der Waals surface area contributed by atoms with Crippen molar-refractivity contribution in [2.45, 2.75) is 6.42 Å². The van der Waals surface area contributed by atoms with Crippen molar-refractivity contribution in [3.05, 3.63) is 28.2 Å². The van der Waals surface area contributed by atoms with Gasteiger partial charge in [0.2, 0.25) is 0 Å². The smallest absolute Gasteiger partial charge is 0.121 e. The molecule has 0 heterocycles. The van der Waals surface area contributed by atoms with Crippen LogP contribution in [0.4, 0.5) is 0 Å². The van der Waals surface area contributed by atoms with E-state index in [1.54, 1.807) is 18.2 Å². The Labute approximate surface area is 91.6 Å². The van der Waals surface area contributed by atoms with Gasteiger partial charge in [-0.1, -0.05) is 15.9 Å². The van der Waals surface area contributed by atoms with E-state index >= 15 is 0 Å². The minimum Gasteiger partial charge on any atom is -0.493 e. The zero-order chi connectivity index (χ0) is 10.4. The van der Waals surface area contributed by atoms with Crippen LogP contribution in [0.3, 0.4) is 0 Å². The van der Waals surface area contributed by atoms with Crippen molar-refractivity contribution in [1.82, 2.24) is 0 Å². The molecule has 1 aromatic rings. The number of ether oxygens (including phenoxy) is 1. The molecular weight excluding hydrogens is 242 g/mol. The van der Waals surface area contributed by atoms with Crippen LogP contribution in [-0.2, 0) is 0 Å². The Balaban J connectivity index is 2.74. The molecule has 2 nitrogen and oxygen atoms in total. The molecule has 0 aliphatic heterocycles. The predicted octanol–water partition coefficient (Wildman–Crippen LogP) is 2.72. The van der Waals surface area contributed by atoms with Gasteiger partial charge in [-0.3, -0.25) is 0 Å². The second-order valence-corrected chi connectivity index (χ2v) is 3.51. The second kappa shape index (κ2) is 5.32. The molecule has 14 heavy (non-hydrogen) atoms. The van der Waals surface area contributed by atoms with Crippen LogP contribution in [0.25, 0.3) is 0 Å². The van der Waals surface area contributed by atoms with Crippen molar-refractivity contribution in [1.29, 1.82) is 5.26 Å². The van der Waals surface area contributed by atoms with Gasteiger partial charge >= 0.3 is 0 Å². The number of benzene rings is 1. The SMILES string of the molecule is C#CCCOc1cc(Br)cc(C#N)c1. The monoisotopic (exact) mass is 249 g/mol. The standard InChI is InChI=1S/C11H8BrNO/c1-2-3-4-14-11-6-9(8-13)5-10(12)7-11/h1,5-7H,3-4H2. The lowest BCUT2D eigenvalue weighted by Gasteiger charge is -2.04. The molecule has 0 amide bonds. The van der Waals surface area contributed by atoms with E-state index in [4.69, 9.17) is 16.4 Å².